The first-order chi connectivity index (χ1) is 7.97. The summed E-state index contributed by atoms with van der Waals surface area (Å²) in [5.41, 5.74) is 2.50. The second-order valence-electron chi connectivity index (χ2n) is 4.84. The summed E-state index contributed by atoms with van der Waals surface area (Å²) in [6, 6.07) is 0. The number of aromatic nitrogens is 2. The number of hydrogen-bond acceptors (Lipinski definition) is 3. The van der Waals surface area contributed by atoms with Crippen LogP contribution in [0.5, 0.6) is 0 Å². The Labute approximate surface area is 109 Å². The molecule has 0 aliphatic rings. The molecule has 0 aromatic carbocycles. The van der Waals surface area contributed by atoms with Gasteiger partial charge < -0.3 is 5.32 Å². The molecule has 0 amide bonds. The number of nitrogens with zero attached hydrogens (tertiary/aromatic N) is 2. The van der Waals surface area contributed by atoms with E-state index in [9.17, 15) is 0 Å². The molecule has 0 radical (unpaired) electrons. The molecule has 1 aromatic rings. The number of rotatable bonds is 6. The van der Waals surface area contributed by atoms with E-state index < -0.39 is 0 Å². The first-order valence-corrected chi connectivity index (χ1v) is 7.25. The predicted octanol–water partition coefficient (Wildman–Crippen LogP) is 2.97. The normalized spacial score (nSPS) is 13.4. The zero-order chi connectivity index (χ0) is 13.0. The minimum Gasteiger partial charge on any atom is -0.313 e. The van der Waals surface area contributed by atoms with Gasteiger partial charge in [0.25, 0.3) is 0 Å². The van der Waals surface area contributed by atoms with Gasteiger partial charge in [0.15, 0.2) is 0 Å². The van der Waals surface area contributed by atoms with E-state index in [-0.39, 0.29) is 0 Å². The lowest BCUT2D eigenvalue weighted by Gasteiger charge is -2.16. The quantitative estimate of drug-likeness (QED) is 0.793. The Hall–Kier alpha value is -0.480. The molecule has 0 fully saturated rings. The Balaban J connectivity index is 2.88. The summed E-state index contributed by atoms with van der Waals surface area (Å²) in [6.07, 6.45) is 0. The Kier molecular flexibility index (Phi) is 5.53. The molecule has 1 unspecified atom stereocenters. The van der Waals surface area contributed by atoms with Crippen molar-refractivity contribution in [3.8, 4) is 0 Å². The minimum absolute atomic E-state index is 0.616. The Morgan fingerprint density at radius 3 is 2.53 bits per heavy atom. The smallest absolute Gasteiger partial charge is 0.0987 e. The summed E-state index contributed by atoms with van der Waals surface area (Å²) < 4.78 is 2.02. The van der Waals surface area contributed by atoms with E-state index in [0.29, 0.717) is 11.2 Å². The van der Waals surface area contributed by atoms with Crippen molar-refractivity contribution in [2.75, 3.05) is 6.54 Å². The van der Waals surface area contributed by atoms with Crippen LogP contribution in [0, 0.1) is 12.8 Å². The first-order valence-electron chi connectivity index (χ1n) is 6.37. The van der Waals surface area contributed by atoms with Gasteiger partial charge in [-0.1, -0.05) is 27.7 Å². The van der Waals surface area contributed by atoms with Crippen LogP contribution >= 0.6 is 11.8 Å². The summed E-state index contributed by atoms with van der Waals surface area (Å²) in [5.74, 6) is 0.683. The van der Waals surface area contributed by atoms with Crippen LogP contribution in [0.15, 0.2) is 5.03 Å². The lowest BCUT2D eigenvalue weighted by atomic mass is 10.2. The Morgan fingerprint density at radius 2 is 2.00 bits per heavy atom. The van der Waals surface area contributed by atoms with E-state index in [0.717, 1.165) is 18.8 Å². The second-order valence-corrected chi connectivity index (χ2v) is 6.21. The molecular formula is C13H25N3S. The highest BCUT2D eigenvalue weighted by molar-refractivity contribution is 7.99. The van der Waals surface area contributed by atoms with Gasteiger partial charge >= 0.3 is 0 Å². The minimum atomic E-state index is 0.616. The molecule has 1 rings (SSSR count). The molecule has 3 nitrogen and oxygen atoms in total. The largest absolute Gasteiger partial charge is 0.313 e. The number of aryl methyl sites for hydroxylation is 2. The predicted molar refractivity (Wildman–Crippen MR) is 75.5 cm³/mol. The molecule has 17 heavy (non-hydrogen) atoms. The van der Waals surface area contributed by atoms with E-state index in [1.807, 2.05) is 23.5 Å². The van der Waals surface area contributed by atoms with Crippen molar-refractivity contribution in [3.05, 3.63) is 11.3 Å². The van der Waals surface area contributed by atoms with E-state index in [1.54, 1.807) is 0 Å². The molecule has 0 saturated heterocycles. The Bertz CT molecular complexity index is 358. The van der Waals surface area contributed by atoms with Gasteiger partial charge in [-0.15, -0.1) is 11.8 Å². The van der Waals surface area contributed by atoms with Gasteiger partial charge in [0, 0.05) is 24.4 Å². The van der Waals surface area contributed by atoms with Gasteiger partial charge in [-0.2, -0.15) is 5.10 Å². The highest BCUT2D eigenvalue weighted by atomic mass is 32.2. The number of hydrogen-bond donors (Lipinski definition) is 1. The maximum absolute atomic E-state index is 4.53. The van der Waals surface area contributed by atoms with Gasteiger partial charge in [0.1, 0.15) is 0 Å². The van der Waals surface area contributed by atoms with Crippen LogP contribution in [0.2, 0.25) is 0 Å². The number of thioether (sulfide) groups is 1. The van der Waals surface area contributed by atoms with Crippen LogP contribution in [-0.4, -0.2) is 21.6 Å². The SMILES string of the molecule is CCNCc1c(C)nn(C)c1SC(C)C(C)C. The van der Waals surface area contributed by atoms with Crippen molar-refractivity contribution < 1.29 is 0 Å². The fourth-order valence-corrected chi connectivity index (χ4v) is 2.77. The third-order valence-corrected chi connectivity index (χ3v) is 4.73. The average molecular weight is 255 g/mol. The van der Waals surface area contributed by atoms with E-state index in [4.69, 9.17) is 0 Å². The molecule has 1 heterocycles. The van der Waals surface area contributed by atoms with Crippen molar-refractivity contribution in [1.82, 2.24) is 15.1 Å². The van der Waals surface area contributed by atoms with Crippen molar-refractivity contribution in [2.24, 2.45) is 13.0 Å². The highest BCUT2D eigenvalue weighted by Gasteiger charge is 2.17. The Morgan fingerprint density at radius 1 is 1.35 bits per heavy atom. The van der Waals surface area contributed by atoms with Crippen molar-refractivity contribution in [1.29, 1.82) is 0 Å². The zero-order valence-corrected chi connectivity index (χ0v) is 12.7. The van der Waals surface area contributed by atoms with E-state index in [2.05, 4.69) is 45.0 Å². The third-order valence-electron chi connectivity index (χ3n) is 3.08. The molecule has 0 bridgehead atoms. The van der Waals surface area contributed by atoms with Gasteiger partial charge in [-0.25, -0.2) is 0 Å². The van der Waals surface area contributed by atoms with Crippen LogP contribution in [-0.2, 0) is 13.6 Å². The summed E-state index contributed by atoms with van der Waals surface area (Å²) in [6.45, 7) is 13.0. The van der Waals surface area contributed by atoms with Crippen LogP contribution in [0.3, 0.4) is 0 Å². The van der Waals surface area contributed by atoms with E-state index >= 15 is 0 Å². The molecule has 1 aromatic heterocycles. The maximum Gasteiger partial charge on any atom is 0.0987 e. The molecule has 0 saturated carbocycles. The van der Waals surface area contributed by atoms with E-state index in [1.165, 1.54) is 10.6 Å². The lowest BCUT2D eigenvalue weighted by molar-refractivity contribution is 0.631. The second kappa shape index (κ2) is 6.45. The first kappa shape index (κ1) is 14.6. The zero-order valence-electron chi connectivity index (χ0n) is 11.9. The van der Waals surface area contributed by atoms with Crippen molar-refractivity contribution >= 4 is 11.8 Å². The lowest BCUT2D eigenvalue weighted by Crippen LogP contribution is -2.14. The monoisotopic (exact) mass is 255 g/mol. The maximum atomic E-state index is 4.53. The molecule has 1 N–H and O–H groups in total. The summed E-state index contributed by atoms with van der Waals surface area (Å²) in [7, 11) is 2.04. The summed E-state index contributed by atoms with van der Waals surface area (Å²) in [5, 5.41) is 9.85. The fourth-order valence-electron chi connectivity index (χ4n) is 1.59. The third kappa shape index (κ3) is 3.75. The molecule has 0 spiro atoms. The van der Waals surface area contributed by atoms with Gasteiger partial charge in [-0.05, 0) is 19.4 Å². The van der Waals surface area contributed by atoms with Crippen LogP contribution in [0.25, 0.3) is 0 Å². The topological polar surface area (TPSA) is 29.9 Å². The van der Waals surface area contributed by atoms with Crippen LogP contribution in [0.4, 0.5) is 0 Å². The van der Waals surface area contributed by atoms with Crippen molar-refractivity contribution in [2.45, 2.75) is 51.4 Å². The molecule has 4 heteroatoms. The molecule has 0 aliphatic carbocycles. The van der Waals surface area contributed by atoms with Crippen molar-refractivity contribution in [3.63, 3.8) is 0 Å². The standard InChI is InChI=1S/C13H25N3S/c1-7-14-8-12-10(4)15-16(6)13(12)17-11(5)9(2)3/h9,11,14H,7-8H2,1-6H3. The molecule has 1 atom stereocenters. The molecular weight excluding hydrogens is 230 g/mol. The highest BCUT2D eigenvalue weighted by Crippen LogP contribution is 2.31. The van der Waals surface area contributed by atoms with Crippen LogP contribution < -0.4 is 5.32 Å². The summed E-state index contributed by atoms with van der Waals surface area (Å²) >= 11 is 1.94. The fraction of sp³-hybridized carbons (Fsp3) is 0.769. The van der Waals surface area contributed by atoms with Gasteiger partial charge in [0.05, 0.1) is 10.7 Å². The molecule has 98 valence electrons. The van der Waals surface area contributed by atoms with Gasteiger partial charge in [0.2, 0.25) is 0 Å². The van der Waals surface area contributed by atoms with Gasteiger partial charge in [-0.3, -0.25) is 4.68 Å². The van der Waals surface area contributed by atoms with Crippen LogP contribution in [0.1, 0.15) is 39.0 Å². The molecule has 0 aliphatic heterocycles. The number of nitrogens with one attached hydrogen (secondary N) is 1. The average Bonchev–Trinajstić information content (AvgIpc) is 2.51. The summed E-state index contributed by atoms with van der Waals surface area (Å²) in [4.78, 5) is 0.